The summed E-state index contributed by atoms with van der Waals surface area (Å²) < 4.78 is 13.3. The van der Waals surface area contributed by atoms with Crippen LogP contribution >= 0.6 is 24.0 Å². The molecule has 2 unspecified atom stereocenters. The van der Waals surface area contributed by atoms with Crippen molar-refractivity contribution in [1.82, 2.24) is 25.4 Å². The lowest BCUT2D eigenvalue weighted by Crippen LogP contribution is -2.48. The summed E-state index contributed by atoms with van der Waals surface area (Å²) in [5.41, 5.74) is 0. The van der Waals surface area contributed by atoms with Crippen molar-refractivity contribution in [2.24, 2.45) is 4.99 Å². The molecule has 2 aliphatic heterocycles. The van der Waals surface area contributed by atoms with E-state index < -0.39 is 0 Å². The monoisotopic (exact) mass is 514 g/mol. The molecule has 0 aliphatic carbocycles. The Labute approximate surface area is 188 Å². The van der Waals surface area contributed by atoms with E-state index in [4.69, 9.17) is 14.1 Å². The molecular weight excluding hydrogens is 483 g/mol. The zero-order valence-corrected chi connectivity index (χ0v) is 19.3. The van der Waals surface area contributed by atoms with Crippen LogP contribution in [0.3, 0.4) is 0 Å². The number of hydrogen-bond donors (Lipinski definition) is 2. The van der Waals surface area contributed by atoms with E-state index in [-0.39, 0.29) is 36.1 Å². The second-order valence-corrected chi connectivity index (χ2v) is 7.57. The van der Waals surface area contributed by atoms with Gasteiger partial charge in [-0.15, -0.1) is 24.0 Å². The second kappa shape index (κ2) is 11.0. The van der Waals surface area contributed by atoms with E-state index in [0.717, 1.165) is 75.2 Å². The maximum absolute atomic E-state index is 5.83. The number of fused-ring (bicyclic) bond motifs is 1. The number of rotatable bonds is 6. The van der Waals surface area contributed by atoms with Crippen LogP contribution in [0.15, 0.2) is 27.8 Å². The fourth-order valence-electron chi connectivity index (χ4n) is 3.80. The summed E-state index contributed by atoms with van der Waals surface area (Å²) in [6, 6.07) is 4.20. The molecule has 2 aliphatic rings. The summed E-state index contributed by atoms with van der Waals surface area (Å²) in [6.45, 7) is 5.07. The van der Waals surface area contributed by atoms with Crippen molar-refractivity contribution in [1.29, 1.82) is 0 Å². The van der Waals surface area contributed by atoms with Crippen LogP contribution in [-0.2, 0) is 24.1 Å². The maximum atomic E-state index is 5.83. The molecule has 2 atom stereocenters. The third kappa shape index (κ3) is 6.43. The van der Waals surface area contributed by atoms with Crippen LogP contribution in [-0.4, -0.2) is 52.6 Å². The molecular formula is C20H31IN6O2. The van der Waals surface area contributed by atoms with Gasteiger partial charge in [-0.1, -0.05) is 0 Å². The summed E-state index contributed by atoms with van der Waals surface area (Å²) in [6.07, 6.45) is 8.21. The zero-order chi connectivity index (χ0) is 19.2. The SMILES string of the molecule is Cc1nc2n(n1)CC(NC(=NCC1CCCCO1)NCCc1ccco1)CC2.I. The first kappa shape index (κ1) is 22.1. The third-order valence-electron chi connectivity index (χ3n) is 5.28. The van der Waals surface area contributed by atoms with Crippen molar-refractivity contribution >= 4 is 29.9 Å². The summed E-state index contributed by atoms with van der Waals surface area (Å²) in [4.78, 5) is 9.31. The number of ether oxygens (including phenoxy) is 1. The van der Waals surface area contributed by atoms with Crippen LogP contribution in [0.25, 0.3) is 0 Å². The number of aromatic nitrogens is 3. The molecule has 0 spiro atoms. The Morgan fingerprint density at radius 3 is 3.07 bits per heavy atom. The van der Waals surface area contributed by atoms with Crippen LogP contribution < -0.4 is 10.6 Å². The molecule has 160 valence electrons. The molecule has 2 aromatic heterocycles. The third-order valence-corrected chi connectivity index (χ3v) is 5.28. The minimum atomic E-state index is 0. The Morgan fingerprint density at radius 2 is 2.28 bits per heavy atom. The Balaban J connectivity index is 0.00000240. The van der Waals surface area contributed by atoms with Gasteiger partial charge in [-0.3, -0.25) is 4.99 Å². The van der Waals surface area contributed by atoms with Gasteiger partial charge in [0, 0.05) is 32.0 Å². The summed E-state index contributed by atoms with van der Waals surface area (Å²) in [5, 5.41) is 11.5. The molecule has 2 aromatic rings. The van der Waals surface area contributed by atoms with Gasteiger partial charge in [0.15, 0.2) is 5.96 Å². The number of guanidine groups is 1. The Kier molecular flexibility index (Phi) is 8.34. The van der Waals surface area contributed by atoms with Gasteiger partial charge in [-0.25, -0.2) is 9.67 Å². The first-order valence-corrected chi connectivity index (χ1v) is 10.4. The summed E-state index contributed by atoms with van der Waals surface area (Å²) in [7, 11) is 0. The maximum Gasteiger partial charge on any atom is 0.191 e. The van der Waals surface area contributed by atoms with Gasteiger partial charge in [-0.2, -0.15) is 5.10 Å². The Bertz CT molecular complexity index is 770. The van der Waals surface area contributed by atoms with Crippen molar-refractivity contribution in [2.75, 3.05) is 19.7 Å². The van der Waals surface area contributed by atoms with Crippen LogP contribution in [0.2, 0.25) is 0 Å². The van der Waals surface area contributed by atoms with Crippen molar-refractivity contribution in [3.8, 4) is 0 Å². The Morgan fingerprint density at radius 1 is 1.34 bits per heavy atom. The molecule has 8 nitrogen and oxygen atoms in total. The van der Waals surface area contributed by atoms with E-state index in [0.29, 0.717) is 6.54 Å². The van der Waals surface area contributed by atoms with Gasteiger partial charge in [0.1, 0.15) is 17.4 Å². The molecule has 1 fully saturated rings. The topological polar surface area (TPSA) is 89.5 Å². The minimum absolute atomic E-state index is 0. The van der Waals surface area contributed by atoms with Crippen molar-refractivity contribution in [3.05, 3.63) is 35.8 Å². The molecule has 4 rings (SSSR count). The van der Waals surface area contributed by atoms with Gasteiger partial charge >= 0.3 is 0 Å². The number of hydrogen-bond acceptors (Lipinski definition) is 5. The predicted octanol–water partition coefficient (Wildman–Crippen LogP) is 2.46. The van der Waals surface area contributed by atoms with E-state index >= 15 is 0 Å². The van der Waals surface area contributed by atoms with E-state index in [1.54, 1.807) is 6.26 Å². The molecule has 29 heavy (non-hydrogen) atoms. The van der Waals surface area contributed by atoms with Crippen LogP contribution in [0, 0.1) is 6.92 Å². The quantitative estimate of drug-likeness (QED) is 0.350. The largest absolute Gasteiger partial charge is 0.469 e. The summed E-state index contributed by atoms with van der Waals surface area (Å²) >= 11 is 0. The standard InChI is InChI=1S/C20H30N6O2.HI/c1-15-23-19-8-7-16(14-26(19)25-15)24-20(21-10-9-17-6-4-12-27-17)22-13-18-5-2-3-11-28-18;/h4,6,12,16,18H,2-3,5,7-11,13-14H2,1H3,(H2,21,22,24);1H. The number of halogens is 1. The fraction of sp³-hybridized carbons (Fsp3) is 0.650. The predicted molar refractivity (Wildman–Crippen MR) is 122 cm³/mol. The second-order valence-electron chi connectivity index (χ2n) is 7.57. The molecule has 0 bridgehead atoms. The summed E-state index contributed by atoms with van der Waals surface area (Å²) in [5.74, 6) is 3.74. The van der Waals surface area contributed by atoms with E-state index in [1.165, 1.54) is 6.42 Å². The molecule has 2 N–H and O–H groups in total. The van der Waals surface area contributed by atoms with Gasteiger partial charge in [0.25, 0.3) is 0 Å². The molecule has 0 aromatic carbocycles. The lowest BCUT2D eigenvalue weighted by molar-refractivity contribution is 0.0224. The normalized spacial score (nSPS) is 21.9. The van der Waals surface area contributed by atoms with E-state index in [1.807, 2.05) is 23.7 Å². The lowest BCUT2D eigenvalue weighted by atomic mass is 10.1. The lowest BCUT2D eigenvalue weighted by Gasteiger charge is -2.26. The van der Waals surface area contributed by atoms with Gasteiger partial charge in [-0.05, 0) is 44.7 Å². The van der Waals surface area contributed by atoms with Gasteiger partial charge in [0.2, 0.25) is 0 Å². The smallest absolute Gasteiger partial charge is 0.191 e. The first-order valence-electron chi connectivity index (χ1n) is 10.4. The zero-order valence-electron chi connectivity index (χ0n) is 17.0. The highest BCUT2D eigenvalue weighted by Crippen LogP contribution is 2.14. The van der Waals surface area contributed by atoms with Crippen molar-refractivity contribution in [3.63, 3.8) is 0 Å². The van der Waals surface area contributed by atoms with Crippen LogP contribution in [0.5, 0.6) is 0 Å². The average Bonchev–Trinajstić information content (AvgIpc) is 3.35. The molecule has 9 heteroatoms. The van der Waals surface area contributed by atoms with Crippen molar-refractivity contribution < 1.29 is 9.15 Å². The molecule has 0 saturated carbocycles. The minimum Gasteiger partial charge on any atom is -0.469 e. The Hall–Kier alpha value is -1.62. The number of aliphatic imine (C=N–C) groups is 1. The first-order chi connectivity index (χ1) is 13.8. The highest BCUT2D eigenvalue weighted by atomic mass is 127. The molecule has 4 heterocycles. The van der Waals surface area contributed by atoms with E-state index in [9.17, 15) is 0 Å². The number of furan rings is 1. The molecule has 0 amide bonds. The average molecular weight is 514 g/mol. The number of aryl methyl sites for hydroxylation is 2. The van der Waals surface area contributed by atoms with Crippen molar-refractivity contribution in [2.45, 2.75) is 64.1 Å². The highest BCUT2D eigenvalue weighted by Gasteiger charge is 2.22. The number of nitrogens with one attached hydrogen (secondary N) is 2. The molecule has 1 saturated heterocycles. The number of nitrogens with zero attached hydrogens (tertiary/aromatic N) is 4. The van der Waals surface area contributed by atoms with Gasteiger partial charge < -0.3 is 19.8 Å². The van der Waals surface area contributed by atoms with Gasteiger partial charge in [0.05, 0.1) is 25.5 Å². The van der Waals surface area contributed by atoms with Crippen LogP contribution in [0.4, 0.5) is 0 Å². The fourth-order valence-corrected chi connectivity index (χ4v) is 3.80. The van der Waals surface area contributed by atoms with Crippen LogP contribution in [0.1, 0.15) is 43.1 Å². The highest BCUT2D eigenvalue weighted by molar-refractivity contribution is 14.0. The van der Waals surface area contributed by atoms with E-state index in [2.05, 4.69) is 20.7 Å². The molecule has 0 radical (unpaired) electrons.